The first kappa shape index (κ1) is 16.7. The third-order valence-electron chi connectivity index (χ3n) is 5.25. The molecule has 2 N–H and O–H groups in total. The van der Waals surface area contributed by atoms with Gasteiger partial charge in [-0.15, -0.1) is 0 Å². The third kappa shape index (κ3) is 4.43. The summed E-state index contributed by atoms with van der Waals surface area (Å²) in [6.45, 7) is 2.96. The average Bonchev–Trinajstić information content (AvgIpc) is 2.61. The van der Waals surface area contributed by atoms with Gasteiger partial charge in [0.25, 0.3) is 0 Å². The summed E-state index contributed by atoms with van der Waals surface area (Å²) in [6, 6.07) is 6.82. The summed E-state index contributed by atoms with van der Waals surface area (Å²) < 4.78 is 5.17. The van der Waals surface area contributed by atoms with Gasteiger partial charge in [-0.1, -0.05) is 18.9 Å². The van der Waals surface area contributed by atoms with Gasteiger partial charge in [-0.2, -0.15) is 0 Å². The highest BCUT2D eigenvalue weighted by Gasteiger charge is 2.31. The Kier molecular flexibility index (Phi) is 5.86. The van der Waals surface area contributed by atoms with Crippen LogP contribution >= 0.6 is 0 Å². The van der Waals surface area contributed by atoms with Crippen LogP contribution < -0.4 is 10.1 Å². The van der Waals surface area contributed by atoms with Crippen LogP contribution in [0, 0.1) is 0 Å². The van der Waals surface area contributed by atoms with Crippen molar-refractivity contribution in [3.63, 3.8) is 0 Å². The molecule has 2 atom stereocenters. The maximum absolute atomic E-state index is 10.2. The van der Waals surface area contributed by atoms with Crippen LogP contribution in [0.25, 0.3) is 0 Å². The number of likely N-dealkylation sites (tertiary alicyclic amines) is 1. The zero-order chi connectivity index (χ0) is 16.1. The van der Waals surface area contributed by atoms with Crippen molar-refractivity contribution in [2.24, 2.45) is 0 Å². The first-order valence-electron chi connectivity index (χ1n) is 8.91. The molecule has 128 valence electrons. The molecule has 0 bridgehead atoms. The Bertz CT molecular complexity index is 489. The number of aliphatic hydroxyl groups excluding tert-OH is 1. The predicted octanol–water partition coefficient (Wildman–Crippen LogP) is 1.95. The van der Waals surface area contributed by atoms with Gasteiger partial charge in [0.15, 0.2) is 0 Å². The topological polar surface area (TPSA) is 57.6 Å². The first-order valence-corrected chi connectivity index (χ1v) is 8.91. The van der Waals surface area contributed by atoms with Crippen LogP contribution in [0.4, 0.5) is 0 Å². The minimum absolute atomic E-state index is 0.116. The molecule has 1 aliphatic carbocycles. The molecule has 0 spiro atoms. The van der Waals surface area contributed by atoms with Gasteiger partial charge < -0.3 is 15.2 Å². The highest BCUT2D eigenvalue weighted by atomic mass is 16.5. The molecular formula is C18H29N3O2. The van der Waals surface area contributed by atoms with Crippen molar-refractivity contribution in [2.45, 2.75) is 63.3 Å². The van der Waals surface area contributed by atoms with Gasteiger partial charge in [-0.3, -0.25) is 4.90 Å². The van der Waals surface area contributed by atoms with Gasteiger partial charge in [-0.25, -0.2) is 4.98 Å². The minimum Gasteiger partial charge on any atom is -0.481 e. The maximum Gasteiger partial charge on any atom is 0.213 e. The lowest BCUT2D eigenvalue weighted by Crippen LogP contribution is -2.51. The summed E-state index contributed by atoms with van der Waals surface area (Å²) in [7, 11) is 1.65. The fourth-order valence-corrected chi connectivity index (χ4v) is 3.87. The van der Waals surface area contributed by atoms with Gasteiger partial charge in [0.05, 0.1) is 18.9 Å². The molecule has 5 nitrogen and oxygen atoms in total. The van der Waals surface area contributed by atoms with E-state index in [4.69, 9.17) is 4.74 Å². The number of hydrogen-bond acceptors (Lipinski definition) is 5. The maximum atomic E-state index is 10.2. The summed E-state index contributed by atoms with van der Waals surface area (Å²) in [4.78, 5) is 6.95. The SMILES string of the molecule is COc1cccc(CNC2CCN([C@@H]3CCCC[C@@H]3O)CC2)n1. The summed E-state index contributed by atoms with van der Waals surface area (Å²) in [5.41, 5.74) is 1.02. The molecule has 1 saturated carbocycles. The van der Waals surface area contributed by atoms with Crippen LogP contribution in [0.1, 0.15) is 44.2 Å². The Hall–Kier alpha value is -1.17. The van der Waals surface area contributed by atoms with Crippen molar-refractivity contribution in [1.29, 1.82) is 0 Å². The van der Waals surface area contributed by atoms with Crippen LogP contribution in [-0.4, -0.2) is 53.4 Å². The van der Waals surface area contributed by atoms with Crippen LogP contribution in [0.15, 0.2) is 18.2 Å². The smallest absolute Gasteiger partial charge is 0.213 e. The lowest BCUT2D eigenvalue weighted by molar-refractivity contribution is 0.00712. The number of ether oxygens (including phenoxy) is 1. The number of nitrogens with one attached hydrogen (secondary N) is 1. The highest BCUT2D eigenvalue weighted by molar-refractivity contribution is 5.15. The quantitative estimate of drug-likeness (QED) is 0.869. The third-order valence-corrected chi connectivity index (χ3v) is 5.25. The number of rotatable bonds is 5. The van der Waals surface area contributed by atoms with E-state index in [9.17, 15) is 5.11 Å². The first-order chi connectivity index (χ1) is 11.3. The summed E-state index contributed by atoms with van der Waals surface area (Å²) in [6.07, 6.45) is 6.76. The van der Waals surface area contributed by atoms with E-state index >= 15 is 0 Å². The zero-order valence-corrected chi connectivity index (χ0v) is 14.1. The van der Waals surface area contributed by atoms with Crippen molar-refractivity contribution in [3.8, 4) is 5.88 Å². The lowest BCUT2D eigenvalue weighted by Gasteiger charge is -2.41. The van der Waals surface area contributed by atoms with Crippen LogP contribution in [0.2, 0.25) is 0 Å². The molecule has 1 aromatic rings. The fraction of sp³-hybridized carbons (Fsp3) is 0.722. The second-order valence-electron chi connectivity index (χ2n) is 6.78. The number of methoxy groups -OCH3 is 1. The van der Waals surface area contributed by atoms with E-state index < -0.39 is 0 Å². The number of aromatic nitrogens is 1. The Balaban J connectivity index is 1.43. The molecule has 23 heavy (non-hydrogen) atoms. The van der Waals surface area contributed by atoms with Gasteiger partial charge in [0.1, 0.15) is 0 Å². The number of nitrogens with zero attached hydrogens (tertiary/aromatic N) is 2. The van der Waals surface area contributed by atoms with Gasteiger partial charge in [-0.05, 0) is 31.7 Å². The Morgan fingerprint density at radius 3 is 2.74 bits per heavy atom. The molecule has 0 radical (unpaired) electrons. The zero-order valence-electron chi connectivity index (χ0n) is 14.1. The number of hydrogen-bond donors (Lipinski definition) is 2. The van der Waals surface area contributed by atoms with Crippen molar-refractivity contribution in [1.82, 2.24) is 15.2 Å². The molecule has 2 fully saturated rings. The van der Waals surface area contributed by atoms with E-state index in [0.29, 0.717) is 18.0 Å². The summed E-state index contributed by atoms with van der Waals surface area (Å²) in [5, 5.41) is 13.8. The predicted molar refractivity (Wildman–Crippen MR) is 90.5 cm³/mol. The molecule has 0 aromatic carbocycles. The van der Waals surface area contributed by atoms with E-state index in [2.05, 4.69) is 15.2 Å². The van der Waals surface area contributed by atoms with Crippen molar-refractivity contribution in [3.05, 3.63) is 23.9 Å². The molecule has 2 aliphatic rings. The Morgan fingerprint density at radius 1 is 1.22 bits per heavy atom. The molecule has 3 rings (SSSR count). The average molecular weight is 319 g/mol. The molecular weight excluding hydrogens is 290 g/mol. The van der Waals surface area contributed by atoms with E-state index in [0.717, 1.165) is 51.0 Å². The summed E-state index contributed by atoms with van der Waals surface area (Å²) >= 11 is 0. The summed E-state index contributed by atoms with van der Waals surface area (Å²) in [5.74, 6) is 0.672. The van der Waals surface area contributed by atoms with Crippen molar-refractivity contribution < 1.29 is 9.84 Å². The van der Waals surface area contributed by atoms with Crippen LogP contribution in [0.5, 0.6) is 5.88 Å². The van der Waals surface area contributed by atoms with Gasteiger partial charge in [0.2, 0.25) is 5.88 Å². The Labute approximate surface area is 139 Å². The van der Waals surface area contributed by atoms with E-state index in [-0.39, 0.29) is 6.10 Å². The lowest BCUT2D eigenvalue weighted by atomic mass is 9.89. The number of pyridine rings is 1. The second kappa shape index (κ2) is 8.08. The fourth-order valence-electron chi connectivity index (χ4n) is 3.87. The largest absolute Gasteiger partial charge is 0.481 e. The molecule has 1 aliphatic heterocycles. The van der Waals surface area contributed by atoms with Crippen molar-refractivity contribution in [2.75, 3.05) is 20.2 Å². The normalized spacial score (nSPS) is 27.0. The van der Waals surface area contributed by atoms with Crippen molar-refractivity contribution >= 4 is 0 Å². The molecule has 0 amide bonds. The van der Waals surface area contributed by atoms with E-state index in [1.165, 1.54) is 12.8 Å². The molecule has 1 saturated heterocycles. The van der Waals surface area contributed by atoms with E-state index in [1.54, 1.807) is 7.11 Å². The highest BCUT2D eigenvalue weighted by Crippen LogP contribution is 2.26. The van der Waals surface area contributed by atoms with Crippen LogP contribution in [-0.2, 0) is 6.54 Å². The molecule has 0 unspecified atom stereocenters. The minimum atomic E-state index is -0.116. The van der Waals surface area contributed by atoms with Crippen LogP contribution in [0.3, 0.4) is 0 Å². The monoisotopic (exact) mass is 319 g/mol. The molecule has 5 heteroatoms. The molecule has 2 heterocycles. The second-order valence-corrected chi connectivity index (χ2v) is 6.78. The van der Waals surface area contributed by atoms with Gasteiger partial charge >= 0.3 is 0 Å². The standard InChI is InChI=1S/C18H29N3O2/c1-23-18-8-4-5-15(20-18)13-19-14-9-11-21(12-10-14)16-6-2-3-7-17(16)22/h4-5,8,14,16-17,19,22H,2-3,6-7,9-13H2,1H3/t16-,17+/m1/s1. The number of piperidine rings is 1. The number of aliphatic hydroxyl groups is 1. The molecule has 1 aromatic heterocycles. The van der Waals surface area contributed by atoms with Gasteiger partial charge in [0, 0.05) is 37.8 Å². The van der Waals surface area contributed by atoms with E-state index in [1.807, 2.05) is 18.2 Å². The Morgan fingerprint density at radius 2 is 2.00 bits per heavy atom.